The number of nitrogens with one attached hydrogen (secondary N) is 1. The van der Waals surface area contributed by atoms with Gasteiger partial charge in [0.25, 0.3) is 10.0 Å². The second kappa shape index (κ2) is 9.20. The number of methoxy groups -OCH3 is 1. The summed E-state index contributed by atoms with van der Waals surface area (Å²) in [5, 5.41) is 1.56. The standard InChI is InChI=1S/C25H22N4O4S/c1-32-23-5-2-18(17-8-12-33-13-9-17)15-22(23)25-21-4-3-20(14-19(21)6-11-27-25)34(30,31)29-24-7-10-26-16-28-24/h2-8,10-11,14-16H,9,12-13H2,1H3,(H,26,28,29). The Labute approximate surface area is 197 Å². The summed E-state index contributed by atoms with van der Waals surface area (Å²) in [6.07, 6.45) is 7.36. The van der Waals surface area contributed by atoms with Crippen LogP contribution in [0.2, 0.25) is 0 Å². The quantitative estimate of drug-likeness (QED) is 0.444. The highest BCUT2D eigenvalue weighted by Gasteiger charge is 2.18. The molecular weight excluding hydrogens is 452 g/mol. The number of anilines is 1. The minimum Gasteiger partial charge on any atom is -0.496 e. The van der Waals surface area contributed by atoms with Gasteiger partial charge in [0.15, 0.2) is 0 Å². The van der Waals surface area contributed by atoms with Crippen LogP contribution in [0.15, 0.2) is 78.2 Å². The molecule has 0 spiro atoms. The number of rotatable bonds is 6. The van der Waals surface area contributed by atoms with Crippen LogP contribution in [0.5, 0.6) is 5.75 Å². The number of benzene rings is 2. The number of sulfonamides is 1. The van der Waals surface area contributed by atoms with Gasteiger partial charge in [-0.2, -0.15) is 0 Å². The number of pyridine rings is 1. The molecule has 0 unspecified atom stereocenters. The first-order chi connectivity index (χ1) is 16.5. The van der Waals surface area contributed by atoms with Crippen molar-refractivity contribution in [1.29, 1.82) is 0 Å². The number of ether oxygens (including phenoxy) is 2. The summed E-state index contributed by atoms with van der Waals surface area (Å²) in [5.74, 6) is 0.896. The van der Waals surface area contributed by atoms with Gasteiger partial charge in [-0.25, -0.2) is 18.4 Å². The van der Waals surface area contributed by atoms with Crippen molar-refractivity contribution in [2.75, 3.05) is 25.0 Å². The molecule has 9 heteroatoms. The maximum atomic E-state index is 12.9. The first-order valence-corrected chi connectivity index (χ1v) is 12.2. The van der Waals surface area contributed by atoms with Crippen LogP contribution in [-0.2, 0) is 14.8 Å². The van der Waals surface area contributed by atoms with Gasteiger partial charge in [-0.3, -0.25) is 9.71 Å². The van der Waals surface area contributed by atoms with Gasteiger partial charge < -0.3 is 9.47 Å². The monoisotopic (exact) mass is 474 g/mol. The Hall–Kier alpha value is -3.82. The summed E-state index contributed by atoms with van der Waals surface area (Å²) in [6, 6.07) is 14.3. The van der Waals surface area contributed by atoms with Gasteiger partial charge in [-0.1, -0.05) is 18.2 Å². The summed E-state index contributed by atoms with van der Waals surface area (Å²) in [5.41, 5.74) is 3.87. The van der Waals surface area contributed by atoms with Crippen LogP contribution in [-0.4, -0.2) is 43.7 Å². The maximum absolute atomic E-state index is 12.9. The summed E-state index contributed by atoms with van der Waals surface area (Å²) in [4.78, 5) is 12.5. The molecule has 8 nitrogen and oxygen atoms in total. The number of fused-ring (bicyclic) bond motifs is 1. The van der Waals surface area contributed by atoms with Crippen molar-refractivity contribution < 1.29 is 17.9 Å². The molecular formula is C25H22N4O4S. The first kappa shape index (κ1) is 22.0. The molecule has 2 aromatic heterocycles. The first-order valence-electron chi connectivity index (χ1n) is 10.7. The van der Waals surface area contributed by atoms with E-state index < -0.39 is 10.0 Å². The minimum atomic E-state index is -3.82. The SMILES string of the molecule is COc1ccc(C2=CCOCC2)cc1-c1nccc2cc(S(=O)(=O)Nc3ccncn3)ccc12. The van der Waals surface area contributed by atoms with Crippen LogP contribution in [0.3, 0.4) is 0 Å². The Balaban J connectivity index is 1.57. The van der Waals surface area contributed by atoms with Crippen molar-refractivity contribution in [2.24, 2.45) is 0 Å². The van der Waals surface area contributed by atoms with Gasteiger partial charge in [0, 0.05) is 23.3 Å². The van der Waals surface area contributed by atoms with Crippen molar-refractivity contribution in [3.05, 3.63) is 78.9 Å². The molecule has 1 aliphatic heterocycles. The third kappa shape index (κ3) is 4.35. The number of aromatic nitrogens is 3. The van der Waals surface area contributed by atoms with E-state index in [-0.39, 0.29) is 10.7 Å². The lowest BCUT2D eigenvalue weighted by Crippen LogP contribution is -2.13. The lowest BCUT2D eigenvalue weighted by Gasteiger charge is -2.17. The second-order valence-corrected chi connectivity index (χ2v) is 9.39. The topological polar surface area (TPSA) is 103 Å². The third-order valence-corrected chi connectivity index (χ3v) is 7.01. The molecule has 3 heterocycles. The summed E-state index contributed by atoms with van der Waals surface area (Å²) in [7, 11) is -2.20. The summed E-state index contributed by atoms with van der Waals surface area (Å²) < 4.78 is 39.3. The molecule has 0 amide bonds. The van der Waals surface area contributed by atoms with Crippen molar-refractivity contribution >= 4 is 32.2 Å². The van der Waals surface area contributed by atoms with Gasteiger partial charge in [0.2, 0.25) is 0 Å². The Bertz CT molecular complexity index is 1490. The predicted octanol–water partition coefficient (Wildman–Crippen LogP) is 4.30. The van der Waals surface area contributed by atoms with Crippen LogP contribution in [0.1, 0.15) is 12.0 Å². The van der Waals surface area contributed by atoms with E-state index in [1.807, 2.05) is 12.1 Å². The fourth-order valence-corrected chi connectivity index (χ4v) is 5.01. The molecule has 0 radical (unpaired) electrons. The van der Waals surface area contributed by atoms with Crippen molar-refractivity contribution in [3.8, 4) is 17.0 Å². The van der Waals surface area contributed by atoms with Crippen molar-refractivity contribution in [2.45, 2.75) is 11.3 Å². The average Bonchev–Trinajstić information content (AvgIpc) is 2.88. The molecule has 34 heavy (non-hydrogen) atoms. The van der Waals surface area contributed by atoms with Crippen LogP contribution in [0.4, 0.5) is 5.82 Å². The molecule has 0 saturated heterocycles. The van der Waals surface area contributed by atoms with E-state index in [9.17, 15) is 8.42 Å². The fourth-order valence-electron chi connectivity index (χ4n) is 3.97. The van der Waals surface area contributed by atoms with Gasteiger partial charge in [0.05, 0.1) is 30.9 Å². The van der Waals surface area contributed by atoms with Crippen LogP contribution >= 0.6 is 0 Å². The molecule has 5 rings (SSSR count). The number of hydrogen-bond donors (Lipinski definition) is 1. The number of nitrogens with zero attached hydrogens (tertiary/aromatic N) is 3. The average molecular weight is 475 g/mol. The van der Waals surface area contributed by atoms with Crippen molar-refractivity contribution in [3.63, 3.8) is 0 Å². The van der Waals surface area contributed by atoms with E-state index >= 15 is 0 Å². The Morgan fingerprint density at radius 3 is 2.71 bits per heavy atom. The highest BCUT2D eigenvalue weighted by molar-refractivity contribution is 7.92. The molecule has 4 aromatic rings. The third-order valence-electron chi connectivity index (χ3n) is 5.66. The van der Waals surface area contributed by atoms with Crippen LogP contribution in [0.25, 0.3) is 27.6 Å². The Morgan fingerprint density at radius 1 is 1.03 bits per heavy atom. The molecule has 0 bridgehead atoms. The zero-order valence-corrected chi connectivity index (χ0v) is 19.2. The molecule has 2 aromatic carbocycles. The summed E-state index contributed by atoms with van der Waals surface area (Å²) >= 11 is 0. The highest BCUT2D eigenvalue weighted by Crippen LogP contribution is 2.37. The molecule has 0 atom stereocenters. The lowest BCUT2D eigenvalue weighted by atomic mass is 9.96. The zero-order chi connectivity index (χ0) is 23.5. The second-order valence-electron chi connectivity index (χ2n) is 7.71. The van der Waals surface area contributed by atoms with E-state index in [0.29, 0.717) is 19.0 Å². The Morgan fingerprint density at radius 2 is 1.94 bits per heavy atom. The minimum absolute atomic E-state index is 0.129. The zero-order valence-electron chi connectivity index (χ0n) is 18.4. The van der Waals surface area contributed by atoms with Gasteiger partial charge >= 0.3 is 0 Å². The van der Waals surface area contributed by atoms with E-state index in [1.165, 1.54) is 24.2 Å². The molecule has 0 saturated carbocycles. The smallest absolute Gasteiger partial charge is 0.263 e. The van der Waals surface area contributed by atoms with Crippen molar-refractivity contribution in [1.82, 2.24) is 15.0 Å². The lowest BCUT2D eigenvalue weighted by molar-refractivity contribution is 0.161. The molecule has 1 N–H and O–H groups in total. The van der Waals surface area contributed by atoms with E-state index in [4.69, 9.17) is 9.47 Å². The van der Waals surface area contributed by atoms with Crippen LogP contribution in [0, 0.1) is 0 Å². The van der Waals surface area contributed by atoms with E-state index in [0.717, 1.165) is 34.0 Å². The molecule has 0 fully saturated rings. The molecule has 172 valence electrons. The van der Waals surface area contributed by atoms with Crippen LogP contribution < -0.4 is 9.46 Å². The molecule has 0 aliphatic carbocycles. The number of hydrogen-bond acceptors (Lipinski definition) is 7. The van der Waals surface area contributed by atoms with Gasteiger partial charge in [-0.05, 0) is 59.3 Å². The fraction of sp³-hybridized carbons (Fsp3) is 0.160. The largest absolute Gasteiger partial charge is 0.496 e. The maximum Gasteiger partial charge on any atom is 0.263 e. The Kier molecular flexibility index (Phi) is 5.95. The van der Waals surface area contributed by atoms with E-state index in [2.05, 4.69) is 31.8 Å². The van der Waals surface area contributed by atoms with E-state index in [1.54, 1.807) is 37.6 Å². The van der Waals surface area contributed by atoms with Gasteiger partial charge in [-0.15, -0.1) is 0 Å². The highest BCUT2D eigenvalue weighted by atomic mass is 32.2. The normalized spacial score (nSPS) is 14.0. The molecule has 1 aliphatic rings. The predicted molar refractivity (Wildman–Crippen MR) is 130 cm³/mol. The van der Waals surface area contributed by atoms with Gasteiger partial charge in [0.1, 0.15) is 17.9 Å². The summed E-state index contributed by atoms with van der Waals surface area (Å²) in [6.45, 7) is 1.30.